The molecule has 3 aromatic carbocycles. The molecule has 9 nitrogen and oxygen atoms in total. The number of hydrogen-bond donors (Lipinski definition) is 1. The SMILES string of the molecule is COc1ccc2c(c1OC)C(=O)O[C@@H]2[C@H]1c2c(c(CNc3ccccc3)c3c(c2OC)OCO3)CCN1C. The minimum atomic E-state index is -0.578. The molecule has 38 heavy (non-hydrogen) atoms. The van der Waals surface area contributed by atoms with Gasteiger partial charge in [0.2, 0.25) is 12.5 Å². The zero-order valence-corrected chi connectivity index (χ0v) is 21.8. The number of ether oxygens (including phenoxy) is 6. The van der Waals surface area contributed by atoms with E-state index in [1.54, 1.807) is 14.2 Å². The first-order valence-electron chi connectivity index (χ1n) is 12.5. The fourth-order valence-corrected chi connectivity index (χ4v) is 5.86. The van der Waals surface area contributed by atoms with Crippen molar-refractivity contribution in [3.05, 3.63) is 70.3 Å². The first-order valence-corrected chi connectivity index (χ1v) is 12.5. The highest BCUT2D eigenvalue weighted by Crippen LogP contribution is 2.57. The van der Waals surface area contributed by atoms with Gasteiger partial charge < -0.3 is 33.7 Å². The minimum absolute atomic E-state index is 0.117. The Hall–Kier alpha value is -4.11. The van der Waals surface area contributed by atoms with Crippen LogP contribution in [0.3, 0.4) is 0 Å². The lowest BCUT2D eigenvalue weighted by atomic mass is 9.83. The summed E-state index contributed by atoms with van der Waals surface area (Å²) in [6.45, 7) is 1.42. The summed E-state index contributed by atoms with van der Waals surface area (Å²) < 4.78 is 35.0. The van der Waals surface area contributed by atoms with E-state index >= 15 is 0 Å². The largest absolute Gasteiger partial charge is 0.493 e. The number of esters is 1. The molecule has 198 valence electrons. The second-order valence-electron chi connectivity index (χ2n) is 9.46. The van der Waals surface area contributed by atoms with E-state index in [4.69, 9.17) is 28.4 Å². The summed E-state index contributed by atoms with van der Waals surface area (Å²) in [5.41, 5.74) is 5.23. The van der Waals surface area contributed by atoms with Crippen LogP contribution in [-0.4, -0.2) is 52.6 Å². The van der Waals surface area contributed by atoms with Gasteiger partial charge in [-0.05, 0) is 37.2 Å². The highest BCUT2D eigenvalue weighted by atomic mass is 16.7. The molecular formula is C29H30N2O7. The van der Waals surface area contributed by atoms with Gasteiger partial charge in [-0.3, -0.25) is 4.90 Å². The van der Waals surface area contributed by atoms with Crippen molar-refractivity contribution in [2.75, 3.05) is 47.0 Å². The molecular weight excluding hydrogens is 488 g/mol. The Kier molecular flexibility index (Phi) is 6.15. The Labute approximate surface area is 221 Å². The highest BCUT2D eigenvalue weighted by Gasteiger charge is 2.47. The Morgan fingerprint density at radius 3 is 2.47 bits per heavy atom. The van der Waals surface area contributed by atoms with Crippen LogP contribution in [0.25, 0.3) is 0 Å². The van der Waals surface area contributed by atoms with Crippen molar-refractivity contribution in [1.82, 2.24) is 4.90 Å². The molecule has 6 rings (SSSR count). The number of likely N-dealkylation sites (N-methyl/N-ethyl adjacent to an activating group) is 1. The van der Waals surface area contributed by atoms with Gasteiger partial charge in [-0.25, -0.2) is 4.79 Å². The second-order valence-corrected chi connectivity index (χ2v) is 9.46. The molecule has 0 spiro atoms. The van der Waals surface area contributed by atoms with Crippen LogP contribution in [0.5, 0.6) is 28.7 Å². The molecule has 0 aromatic heterocycles. The van der Waals surface area contributed by atoms with E-state index in [1.807, 2.05) is 49.5 Å². The number of para-hydroxylation sites is 1. The molecule has 0 fully saturated rings. The first-order chi connectivity index (χ1) is 18.6. The Morgan fingerprint density at radius 2 is 1.74 bits per heavy atom. The fourth-order valence-electron chi connectivity index (χ4n) is 5.86. The molecule has 0 aliphatic carbocycles. The first kappa shape index (κ1) is 24.2. The minimum Gasteiger partial charge on any atom is -0.493 e. The summed E-state index contributed by atoms with van der Waals surface area (Å²) in [7, 11) is 6.74. The average molecular weight is 519 g/mol. The zero-order chi connectivity index (χ0) is 26.4. The van der Waals surface area contributed by atoms with Crippen molar-refractivity contribution >= 4 is 11.7 Å². The quantitative estimate of drug-likeness (QED) is 0.455. The molecule has 3 heterocycles. The van der Waals surface area contributed by atoms with E-state index in [2.05, 4.69) is 10.2 Å². The van der Waals surface area contributed by atoms with E-state index in [0.717, 1.165) is 40.9 Å². The van der Waals surface area contributed by atoms with Crippen LogP contribution in [0.4, 0.5) is 5.69 Å². The molecule has 3 aliphatic heterocycles. The molecule has 9 heteroatoms. The number of rotatable bonds is 7. The van der Waals surface area contributed by atoms with Gasteiger partial charge in [-0.15, -0.1) is 0 Å². The third-order valence-electron chi connectivity index (χ3n) is 7.57. The number of cyclic esters (lactones) is 1. The summed E-state index contributed by atoms with van der Waals surface area (Å²) in [6.07, 6.45) is 0.200. The van der Waals surface area contributed by atoms with Crippen molar-refractivity contribution in [2.24, 2.45) is 0 Å². The van der Waals surface area contributed by atoms with E-state index in [-0.39, 0.29) is 12.8 Å². The van der Waals surface area contributed by atoms with Crippen LogP contribution in [-0.2, 0) is 17.7 Å². The third kappa shape index (κ3) is 3.68. The molecule has 0 saturated heterocycles. The number of fused-ring (bicyclic) bond motifs is 3. The number of methoxy groups -OCH3 is 3. The second kappa shape index (κ2) is 9.64. The Morgan fingerprint density at radius 1 is 0.974 bits per heavy atom. The molecule has 0 saturated carbocycles. The number of carbonyl (C=O) groups excluding carboxylic acids is 1. The lowest BCUT2D eigenvalue weighted by molar-refractivity contribution is 0.00869. The van der Waals surface area contributed by atoms with Gasteiger partial charge in [-0.1, -0.05) is 24.3 Å². The van der Waals surface area contributed by atoms with Crippen LogP contribution in [0.1, 0.15) is 44.8 Å². The highest BCUT2D eigenvalue weighted by molar-refractivity contribution is 5.98. The maximum Gasteiger partial charge on any atom is 0.343 e. The monoisotopic (exact) mass is 518 g/mol. The molecule has 0 bridgehead atoms. The zero-order valence-electron chi connectivity index (χ0n) is 21.8. The smallest absolute Gasteiger partial charge is 0.343 e. The van der Waals surface area contributed by atoms with E-state index < -0.39 is 12.1 Å². The summed E-state index contributed by atoms with van der Waals surface area (Å²) in [4.78, 5) is 15.4. The van der Waals surface area contributed by atoms with Crippen molar-refractivity contribution in [2.45, 2.75) is 25.1 Å². The third-order valence-corrected chi connectivity index (χ3v) is 7.57. The number of carbonyl (C=O) groups is 1. The van der Waals surface area contributed by atoms with Crippen molar-refractivity contribution in [1.29, 1.82) is 0 Å². The van der Waals surface area contributed by atoms with Crippen molar-refractivity contribution < 1.29 is 33.2 Å². The predicted molar refractivity (Wildman–Crippen MR) is 140 cm³/mol. The number of anilines is 1. The standard InChI is InChI=1S/C29H30N2O7/c1-31-13-12-17-19(14-30-16-8-6-5-7-9-16)25-28(37-15-36-25)27(35-4)21(17)23(31)24-18-10-11-20(33-2)26(34-3)22(18)29(32)38-24/h5-11,23-24,30H,12-15H2,1-4H3/t23-,24+/m1/s1. The molecule has 0 radical (unpaired) electrons. The number of benzene rings is 3. The van der Waals surface area contributed by atoms with Gasteiger partial charge in [0, 0.05) is 35.5 Å². The summed E-state index contributed by atoms with van der Waals surface area (Å²) in [5.74, 6) is 2.30. The molecule has 3 aromatic rings. The summed E-state index contributed by atoms with van der Waals surface area (Å²) in [5, 5.41) is 3.52. The van der Waals surface area contributed by atoms with E-state index in [1.165, 1.54) is 7.11 Å². The number of nitrogens with one attached hydrogen (secondary N) is 1. The molecule has 1 N–H and O–H groups in total. The molecule has 3 aliphatic rings. The predicted octanol–water partition coefficient (Wildman–Crippen LogP) is 4.49. The van der Waals surface area contributed by atoms with E-state index in [9.17, 15) is 4.79 Å². The summed E-state index contributed by atoms with van der Waals surface area (Å²) in [6, 6.07) is 13.4. The number of nitrogens with zero attached hydrogens (tertiary/aromatic N) is 1. The Bertz CT molecular complexity index is 1390. The average Bonchev–Trinajstić information content (AvgIpc) is 3.56. The van der Waals surface area contributed by atoms with Crippen LogP contribution in [0.15, 0.2) is 42.5 Å². The van der Waals surface area contributed by atoms with Crippen molar-refractivity contribution in [3.63, 3.8) is 0 Å². The van der Waals surface area contributed by atoms with Crippen LogP contribution >= 0.6 is 0 Å². The van der Waals surface area contributed by atoms with Crippen LogP contribution in [0.2, 0.25) is 0 Å². The van der Waals surface area contributed by atoms with Gasteiger partial charge in [0.25, 0.3) is 0 Å². The van der Waals surface area contributed by atoms with Crippen LogP contribution < -0.4 is 29.0 Å². The lowest BCUT2D eigenvalue weighted by Crippen LogP contribution is -2.37. The fraction of sp³-hybridized carbons (Fsp3) is 0.345. The summed E-state index contributed by atoms with van der Waals surface area (Å²) >= 11 is 0. The maximum atomic E-state index is 13.2. The Balaban J connectivity index is 1.50. The van der Waals surface area contributed by atoms with Crippen LogP contribution in [0, 0.1) is 0 Å². The topological polar surface area (TPSA) is 87.7 Å². The molecule has 2 atom stereocenters. The maximum absolute atomic E-state index is 13.2. The van der Waals surface area contributed by atoms with Gasteiger partial charge in [-0.2, -0.15) is 0 Å². The van der Waals surface area contributed by atoms with Gasteiger partial charge in [0.15, 0.2) is 23.0 Å². The molecule has 0 unspecified atom stereocenters. The molecule has 0 amide bonds. The van der Waals surface area contributed by atoms with Gasteiger partial charge >= 0.3 is 5.97 Å². The number of hydrogen-bond acceptors (Lipinski definition) is 9. The normalized spacial score (nSPS) is 19.4. The lowest BCUT2D eigenvalue weighted by Gasteiger charge is -2.39. The van der Waals surface area contributed by atoms with Crippen molar-refractivity contribution in [3.8, 4) is 28.7 Å². The van der Waals surface area contributed by atoms with Gasteiger partial charge in [0.05, 0.1) is 27.4 Å². The van der Waals surface area contributed by atoms with Gasteiger partial charge in [0.1, 0.15) is 11.7 Å². The van der Waals surface area contributed by atoms with E-state index in [0.29, 0.717) is 40.9 Å².